The first-order valence-corrected chi connectivity index (χ1v) is 9.78. The van der Waals surface area contributed by atoms with Crippen LogP contribution in [0, 0.1) is 5.92 Å². The molecule has 2 bridgehead atoms. The predicted molar refractivity (Wildman–Crippen MR) is 104 cm³/mol. The molecule has 2 saturated heterocycles. The summed E-state index contributed by atoms with van der Waals surface area (Å²) >= 11 is 0. The van der Waals surface area contributed by atoms with Crippen molar-refractivity contribution in [3.05, 3.63) is 30.0 Å². The summed E-state index contributed by atoms with van der Waals surface area (Å²) in [4.78, 5) is 27.6. The van der Waals surface area contributed by atoms with Gasteiger partial charge >= 0.3 is 6.09 Å². The number of carbonyl (C=O) groups is 2. The number of aromatic nitrogens is 2. The Kier molecular flexibility index (Phi) is 4.65. The zero-order valence-electron chi connectivity index (χ0n) is 16.8. The molecule has 3 heterocycles. The van der Waals surface area contributed by atoms with Crippen LogP contribution >= 0.6 is 0 Å². The molecule has 0 aliphatic carbocycles. The highest BCUT2D eigenvalue weighted by molar-refractivity contribution is 6.00. The van der Waals surface area contributed by atoms with Gasteiger partial charge in [0.25, 0.3) is 0 Å². The van der Waals surface area contributed by atoms with Crippen molar-refractivity contribution in [3.8, 4) is 0 Å². The van der Waals surface area contributed by atoms with Crippen molar-refractivity contribution in [3.63, 3.8) is 0 Å². The molecule has 2 atom stereocenters. The number of nitrogens with zero attached hydrogens (tertiary/aromatic N) is 3. The van der Waals surface area contributed by atoms with Gasteiger partial charge in [-0.2, -0.15) is 5.10 Å². The van der Waals surface area contributed by atoms with Gasteiger partial charge in [0.1, 0.15) is 5.60 Å². The number of fused-ring (bicyclic) bond motifs is 3. The minimum Gasteiger partial charge on any atom is -0.444 e. The first kappa shape index (κ1) is 18.9. The van der Waals surface area contributed by atoms with Gasteiger partial charge in [-0.05, 0) is 39.7 Å². The second-order valence-corrected chi connectivity index (χ2v) is 8.84. The minimum atomic E-state index is -0.545. The quantitative estimate of drug-likeness (QED) is 0.743. The van der Waals surface area contributed by atoms with E-state index in [-0.39, 0.29) is 29.9 Å². The molecule has 1 amide bonds. The van der Waals surface area contributed by atoms with Gasteiger partial charge in [0, 0.05) is 30.1 Å². The monoisotopic (exact) mass is 385 g/mol. The summed E-state index contributed by atoms with van der Waals surface area (Å²) in [6, 6.07) is 5.42. The summed E-state index contributed by atoms with van der Waals surface area (Å²) in [6.45, 7) is 6.47. The molecule has 0 radical (unpaired) electrons. The molecule has 7 heteroatoms. The lowest BCUT2D eigenvalue weighted by Crippen LogP contribution is -2.60. The first-order chi connectivity index (χ1) is 13.2. The molecular weight excluding hydrogens is 358 g/mol. The van der Waals surface area contributed by atoms with E-state index in [0.29, 0.717) is 31.6 Å². The zero-order valence-corrected chi connectivity index (χ0v) is 16.8. The maximum Gasteiger partial charge on any atom is 0.410 e. The number of morpholine rings is 1. The van der Waals surface area contributed by atoms with Crippen LogP contribution in [-0.4, -0.2) is 57.5 Å². The Bertz CT molecular complexity index is 900. The Morgan fingerprint density at radius 2 is 1.86 bits per heavy atom. The Morgan fingerprint density at radius 1 is 1.18 bits per heavy atom. The van der Waals surface area contributed by atoms with Gasteiger partial charge in [-0.25, -0.2) is 4.79 Å². The van der Waals surface area contributed by atoms with E-state index in [4.69, 9.17) is 9.47 Å². The zero-order chi connectivity index (χ0) is 20.1. The lowest BCUT2D eigenvalue weighted by atomic mass is 9.81. The highest BCUT2D eigenvalue weighted by Gasteiger charge is 2.45. The number of carbonyl (C=O) groups excluding carboxylic acids is 2. The lowest BCUT2D eigenvalue weighted by Gasteiger charge is -2.47. The largest absolute Gasteiger partial charge is 0.444 e. The van der Waals surface area contributed by atoms with Gasteiger partial charge in [-0.3, -0.25) is 14.4 Å². The molecule has 0 N–H and O–H groups in total. The third-order valence-electron chi connectivity index (χ3n) is 5.40. The Labute approximate surface area is 164 Å². The number of aryl methyl sites for hydroxylation is 1. The van der Waals surface area contributed by atoms with Crippen LogP contribution in [0.4, 0.5) is 4.79 Å². The second kappa shape index (κ2) is 6.88. The molecule has 28 heavy (non-hydrogen) atoms. The molecule has 7 nitrogen and oxygen atoms in total. The standard InChI is InChI=1S/C21H27N3O4/c1-21(2,3)28-20(26)24-16-7-15(8-17(24)12-27-11-16)19(25)13-5-6-14-10-23(4)22-18(14)9-13/h5-6,9-10,15-17H,7-8,11-12H2,1-4H3. The average molecular weight is 385 g/mol. The van der Waals surface area contributed by atoms with Crippen LogP contribution in [0.5, 0.6) is 0 Å². The van der Waals surface area contributed by atoms with Crippen LogP contribution in [0.2, 0.25) is 0 Å². The maximum absolute atomic E-state index is 13.2. The van der Waals surface area contributed by atoms with E-state index >= 15 is 0 Å². The van der Waals surface area contributed by atoms with Crippen LogP contribution in [0.15, 0.2) is 24.4 Å². The Balaban J connectivity index is 1.52. The number of hydrogen-bond donors (Lipinski definition) is 0. The van der Waals surface area contributed by atoms with Crippen LogP contribution in [0.1, 0.15) is 44.0 Å². The summed E-state index contributed by atoms with van der Waals surface area (Å²) in [5, 5.41) is 5.42. The Morgan fingerprint density at radius 3 is 2.50 bits per heavy atom. The van der Waals surface area contributed by atoms with Crippen LogP contribution in [-0.2, 0) is 16.5 Å². The normalized spacial score (nSPS) is 25.0. The van der Waals surface area contributed by atoms with Crippen molar-refractivity contribution >= 4 is 22.8 Å². The fourth-order valence-electron chi connectivity index (χ4n) is 4.27. The van der Waals surface area contributed by atoms with Gasteiger partial charge in [0.05, 0.1) is 30.8 Å². The average Bonchev–Trinajstić information content (AvgIpc) is 2.97. The molecule has 0 spiro atoms. The second-order valence-electron chi connectivity index (χ2n) is 8.84. The smallest absolute Gasteiger partial charge is 0.410 e. The molecule has 2 aliphatic rings. The molecule has 2 unspecified atom stereocenters. The number of piperidine rings is 1. The summed E-state index contributed by atoms with van der Waals surface area (Å²) in [6.07, 6.45) is 2.81. The van der Waals surface area contributed by atoms with Gasteiger partial charge in [0.2, 0.25) is 0 Å². The number of ketones is 1. The summed E-state index contributed by atoms with van der Waals surface area (Å²) in [5.41, 5.74) is 0.959. The van der Waals surface area contributed by atoms with E-state index in [9.17, 15) is 9.59 Å². The van der Waals surface area contributed by atoms with Crippen LogP contribution in [0.3, 0.4) is 0 Å². The van der Waals surface area contributed by atoms with Gasteiger partial charge < -0.3 is 9.47 Å². The fraction of sp³-hybridized carbons (Fsp3) is 0.571. The van der Waals surface area contributed by atoms with Crippen molar-refractivity contribution in [1.82, 2.24) is 14.7 Å². The van der Waals surface area contributed by atoms with Crippen molar-refractivity contribution in [2.45, 2.75) is 51.3 Å². The number of Topliss-reactive ketones (excluding diaryl/α,β-unsaturated/α-hetero) is 1. The predicted octanol–water partition coefficient (Wildman–Crippen LogP) is 3.17. The molecule has 1 aromatic carbocycles. The third kappa shape index (κ3) is 3.63. The summed E-state index contributed by atoms with van der Waals surface area (Å²) < 4.78 is 13.0. The Hall–Kier alpha value is -2.41. The van der Waals surface area contributed by atoms with Crippen molar-refractivity contribution in [1.29, 1.82) is 0 Å². The minimum absolute atomic E-state index is 0.119. The van der Waals surface area contributed by atoms with Crippen LogP contribution < -0.4 is 0 Å². The van der Waals surface area contributed by atoms with Gasteiger partial charge in [-0.1, -0.05) is 12.1 Å². The fourth-order valence-corrected chi connectivity index (χ4v) is 4.27. The molecule has 2 aliphatic heterocycles. The van der Waals surface area contributed by atoms with E-state index in [1.54, 1.807) is 9.58 Å². The summed E-state index contributed by atoms with van der Waals surface area (Å²) in [5.74, 6) is -0.00737. The number of hydrogen-bond acceptors (Lipinski definition) is 5. The molecule has 150 valence electrons. The highest BCUT2D eigenvalue weighted by Crippen LogP contribution is 2.35. The number of rotatable bonds is 2. The first-order valence-electron chi connectivity index (χ1n) is 9.78. The van der Waals surface area contributed by atoms with E-state index < -0.39 is 5.60 Å². The third-order valence-corrected chi connectivity index (χ3v) is 5.40. The van der Waals surface area contributed by atoms with Crippen molar-refractivity contribution in [2.24, 2.45) is 13.0 Å². The molecule has 2 aromatic rings. The number of benzene rings is 1. The molecule has 1 aromatic heterocycles. The van der Waals surface area contributed by atoms with Crippen LogP contribution in [0.25, 0.3) is 10.9 Å². The van der Waals surface area contributed by atoms with E-state index in [0.717, 1.165) is 10.9 Å². The lowest BCUT2D eigenvalue weighted by molar-refractivity contribution is -0.0861. The van der Waals surface area contributed by atoms with E-state index in [2.05, 4.69) is 5.10 Å². The number of ether oxygens (including phenoxy) is 2. The summed E-state index contributed by atoms with van der Waals surface area (Å²) in [7, 11) is 1.87. The molecule has 0 saturated carbocycles. The topological polar surface area (TPSA) is 73.7 Å². The maximum atomic E-state index is 13.2. The molecular formula is C21H27N3O4. The van der Waals surface area contributed by atoms with Crippen molar-refractivity contribution < 1.29 is 19.1 Å². The van der Waals surface area contributed by atoms with E-state index in [1.165, 1.54) is 0 Å². The highest BCUT2D eigenvalue weighted by atomic mass is 16.6. The van der Waals surface area contributed by atoms with E-state index in [1.807, 2.05) is 52.2 Å². The van der Waals surface area contributed by atoms with Gasteiger partial charge in [0.15, 0.2) is 5.78 Å². The number of amides is 1. The SMILES string of the molecule is Cn1cc2ccc(C(=O)C3CC4COCC(C3)N4C(=O)OC(C)(C)C)cc2n1. The van der Waals surface area contributed by atoms with Gasteiger partial charge in [-0.15, -0.1) is 0 Å². The molecule has 2 fully saturated rings. The van der Waals surface area contributed by atoms with Crippen molar-refractivity contribution in [2.75, 3.05) is 13.2 Å². The molecule has 4 rings (SSSR count).